The molecule has 1 saturated heterocycles. The Labute approximate surface area is 130 Å². The molecule has 0 bridgehead atoms. The number of amides is 1. The fourth-order valence-corrected chi connectivity index (χ4v) is 2.41. The van der Waals surface area contributed by atoms with Gasteiger partial charge in [-0.2, -0.15) is 0 Å². The summed E-state index contributed by atoms with van der Waals surface area (Å²) in [5.41, 5.74) is 2.83. The van der Waals surface area contributed by atoms with E-state index in [-0.39, 0.29) is 5.91 Å². The fourth-order valence-electron chi connectivity index (χ4n) is 1.61. The van der Waals surface area contributed by atoms with Crippen molar-refractivity contribution < 1.29 is 9.53 Å². The zero-order chi connectivity index (χ0) is 14.8. The predicted molar refractivity (Wildman–Crippen MR) is 87.9 cm³/mol. The van der Waals surface area contributed by atoms with Crippen LogP contribution in [0.2, 0.25) is 0 Å². The van der Waals surface area contributed by atoms with E-state index in [0.717, 1.165) is 38.9 Å². The Morgan fingerprint density at radius 1 is 1.55 bits per heavy atom. The molecular weight excluding hydrogens is 294 g/mol. The van der Waals surface area contributed by atoms with Crippen molar-refractivity contribution in [2.24, 2.45) is 11.0 Å². The Hall–Kier alpha value is -0.660. The molecule has 1 aliphatic heterocycles. The SMILES string of the molecule is CCCOCCC(C)CCC(=S)NN=C1NC(=O)CS1. The van der Waals surface area contributed by atoms with Gasteiger partial charge in [-0.05, 0) is 31.6 Å². The average molecular weight is 317 g/mol. The highest BCUT2D eigenvalue weighted by atomic mass is 32.2. The van der Waals surface area contributed by atoms with Crippen molar-refractivity contribution in [3.8, 4) is 0 Å². The Bertz CT molecular complexity index is 362. The molecule has 5 nitrogen and oxygen atoms in total. The third kappa shape index (κ3) is 7.81. The van der Waals surface area contributed by atoms with Gasteiger partial charge in [0.2, 0.25) is 5.91 Å². The molecule has 20 heavy (non-hydrogen) atoms. The molecule has 1 heterocycles. The first kappa shape index (κ1) is 17.4. The third-order valence-corrected chi connectivity index (χ3v) is 4.00. The van der Waals surface area contributed by atoms with Crippen LogP contribution in [0.1, 0.15) is 39.5 Å². The lowest BCUT2D eigenvalue weighted by molar-refractivity contribution is -0.116. The van der Waals surface area contributed by atoms with Gasteiger partial charge >= 0.3 is 0 Å². The van der Waals surface area contributed by atoms with Crippen LogP contribution in [0.5, 0.6) is 0 Å². The van der Waals surface area contributed by atoms with Gasteiger partial charge in [-0.1, -0.05) is 37.8 Å². The number of carbonyl (C=O) groups is 1. The monoisotopic (exact) mass is 317 g/mol. The maximum atomic E-state index is 11.0. The molecule has 0 spiro atoms. The number of ether oxygens (including phenoxy) is 1. The summed E-state index contributed by atoms with van der Waals surface area (Å²) >= 11 is 6.60. The fraction of sp³-hybridized carbons (Fsp3) is 0.769. The lowest BCUT2D eigenvalue weighted by Gasteiger charge is -2.11. The summed E-state index contributed by atoms with van der Waals surface area (Å²) in [4.78, 5) is 11.7. The number of carbonyl (C=O) groups excluding carboxylic acids is 1. The first-order valence-electron chi connectivity index (χ1n) is 6.98. The number of nitrogens with one attached hydrogen (secondary N) is 2. The summed E-state index contributed by atoms with van der Waals surface area (Å²) < 4.78 is 5.47. The van der Waals surface area contributed by atoms with Crippen molar-refractivity contribution in [2.45, 2.75) is 39.5 Å². The van der Waals surface area contributed by atoms with Gasteiger partial charge in [0.15, 0.2) is 5.17 Å². The number of thiocarbonyl (C=S) groups is 1. The van der Waals surface area contributed by atoms with E-state index in [1.54, 1.807) is 0 Å². The minimum Gasteiger partial charge on any atom is -0.381 e. The van der Waals surface area contributed by atoms with Crippen LogP contribution >= 0.6 is 24.0 Å². The van der Waals surface area contributed by atoms with Gasteiger partial charge in [0, 0.05) is 13.2 Å². The zero-order valence-corrected chi connectivity index (χ0v) is 13.7. The molecular formula is C13H23N3O2S2. The standard InChI is InChI=1S/C13H23N3O2S2/c1-3-7-18-8-6-10(2)4-5-12(19)15-16-13-14-11(17)9-20-13/h10H,3-9H2,1-2H3,(H,15,19)(H,14,16,17). The highest BCUT2D eigenvalue weighted by Gasteiger charge is 2.16. The smallest absolute Gasteiger partial charge is 0.236 e. The van der Waals surface area contributed by atoms with Crippen molar-refractivity contribution in [3.63, 3.8) is 0 Å². The van der Waals surface area contributed by atoms with E-state index in [1.165, 1.54) is 11.8 Å². The molecule has 0 aromatic rings. The van der Waals surface area contributed by atoms with E-state index in [9.17, 15) is 4.79 Å². The highest BCUT2D eigenvalue weighted by Crippen LogP contribution is 2.11. The number of hydrogen-bond acceptors (Lipinski definition) is 5. The van der Waals surface area contributed by atoms with Gasteiger partial charge in [-0.3, -0.25) is 10.2 Å². The average Bonchev–Trinajstić information content (AvgIpc) is 2.85. The van der Waals surface area contributed by atoms with Crippen LogP contribution in [0.15, 0.2) is 5.10 Å². The molecule has 0 saturated carbocycles. The summed E-state index contributed by atoms with van der Waals surface area (Å²) in [5.74, 6) is 1.00. The molecule has 2 N–H and O–H groups in total. The van der Waals surface area contributed by atoms with E-state index in [1.807, 2.05) is 0 Å². The number of rotatable bonds is 9. The highest BCUT2D eigenvalue weighted by molar-refractivity contribution is 8.15. The summed E-state index contributed by atoms with van der Waals surface area (Å²) in [6, 6.07) is 0. The summed E-state index contributed by atoms with van der Waals surface area (Å²) in [7, 11) is 0. The molecule has 114 valence electrons. The van der Waals surface area contributed by atoms with Crippen LogP contribution in [0.3, 0.4) is 0 Å². The van der Waals surface area contributed by atoms with Gasteiger partial charge in [0.1, 0.15) is 0 Å². The van der Waals surface area contributed by atoms with Gasteiger partial charge in [-0.15, -0.1) is 5.10 Å². The second kappa shape index (κ2) is 10.1. The van der Waals surface area contributed by atoms with E-state index in [0.29, 0.717) is 21.8 Å². The first-order valence-corrected chi connectivity index (χ1v) is 8.38. The Morgan fingerprint density at radius 3 is 3.00 bits per heavy atom. The van der Waals surface area contributed by atoms with Crippen LogP contribution in [-0.2, 0) is 9.53 Å². The van der Waals surface area contributed by atoms with E-state index in [2.05, 4.69) is 29.7 Å². The van der Waals surface area contributed by atoms with Crippen molar-refractivity contribution in [1.29, 1.82) is 0 Å². The minimum absolute atomic E-state index is 0.0119. The molecule has 1 amide bonds. The van der Waals surface area contributed by atoms with Crippen LogP contribution in [-0.4, -0.2) is 35.0 Å². The molecule has 1 atom stereocenters. The Morgan fingerprint density at radius 2 is 2.35 bits per heavy atom. The van der Waals surface area contributed by atoms with E-state index in [4.69, 9.17) is 17.0 Å². The number of hydrazone groups is 1. The molecule has 1 unspecified atom stereocenters. The molecule has 0 aromatic heterocycles. The van der Waals surface area contributed by atoms with Crippen LogP contribution in [0, 0.1) is 5.92 Å². The maximum Gasteiger partial charge on any atom is 0.236 e. The van der Waals surface area contributed by atoms with Crippen molar-refractivity contribution in [3.05, 3.63) is 0 Å². The second-order valence-corrected chi connectivity index (χ2v) is 6.29. The van der Waals surface area contributed by atoms with Crippen molar-refractivity contribution >= 4 is 40.0 Å². The third-order valence-electron chi connectivity index (χ3n) is 2.84. The van der Waals surface area contributed by atoms with Gasteiger partial charge in [-0.25, -0.2) is 0 Å². The summed E-state index contributed by atoms with van der Waals surface area (Å²) in [6.07, 6.45) is 3.95. The molecule has 7 heteroatoms. The number of amidine groups is 1. The summed E-state index contributed by atoms with van der Waals surface area (Å²) in [6.45, 7) is 5.98. The largest absolute Gasteiger partial charge is 0.381 e. The quantitative estimate of drug-likeness (QED) is 0.388. The zero-order valence-electron chi connectivity index (χ0n) is 12.1. The number of nitrogens with zero attached hydrogens (tertiary/aromatic N) is 1. The van der Waals surface area contributed by atoms with Crippen molar-refractivity contribution in [2.75, 3.05) is 19.0 Å². The molecule has 1 rings (SSSR count). The first-order chi connectivity index (χ1) is 9.61. The predicted octanol–water partition coefficient (Wildman–Crippen LogP) is 2.27. The van der Waals surface area contributed by atoms with E-state index < -0.39 is 0 Å². The molecule has 1 fully saturated rings. The Kier molecular flexibility index (Phi) is 8.80. The summed E-state index contributed by atoms with van der Waals surface area (Å²) in [5, 5.41) is 7.31. The minimum atomic E-state index is -0.0119. The number of hydrogen-bond donors (Lipinski definition) is 2. The molecule has 1 aliphatic rings. The lowest BCUT2D eigenvalue weighted by Crippen LogP contribution is -2.24. The molecule has 0 radical (unpaired) electrons. The topological polar surface area (TPSA) is 62.7 Å². The normalized spacial score (nSPS) is 18.1. The van der Waals surface area contributed by atoms with E-state index >= 15 is 0 Å². The van der Waals surface area contributed by atoms with Gasteiger partial charge in [0.05, 0.1) is 10.7 Å². The van der Waals surface area contributed by atoms with Crippen LogP contribution < -0.4 is 10.7 Å². The Balaban J connectivity index is 2.08. The lowest BCUT2D eigenvalue weighted by atomic mass is 10.0. The van der Waals surface area contributed by atoms with Gasteiger partial charge in [0.25, 0.3) is 0 Å². The molecule has 0 aromatic carbocycles. The second-order valence-electron chi connectivity index (χ2n) is 4.83. The van der Waals surface area contributed by atoms with Gasteiger partial charge < -0.3 is 10.1 Å². The van der Waals surface area contributed by atoms with Crippen molar-refractivity contribution in [1.82, 2.24) is 10.7 Å². The maximum absolute atomic E-state index is 11.0. The van der Waals surface area contributed by atoms with Crippen LogP contribution in [0.25, 0.3) is 0 Å². The van der Waals surface area contributed by atoms with Crippen LogP contribution in [0.4, 0.5) is 0 Å². The molecule has 0 aliphatic carbocycles. The number of thioether (sulfide) groups is 1.